The van der Waals surface area contributed by atoms with Crippen molar-refractivity contribution in [2.75, 3.05) is 12.4 Å². The van der Waals surface area contributed by atoms with Crippen LogP contribution in [-0.2, 0) is 9.59 Å². The van der Waals surface area contributed by atoms with Crippen LogP contribution in [0.4, 0.5) is 0 Å². The van der Waals surface area contributed by atoms with Gasteiger partial charge in [0.05, 0.1) is 18.3 Å². The van der Waals surface area contributed by atoms with Gasteiger partial charge in [-0.25, -0.2) is 0 Å². The molecule has 2 aliphatic heterocycles. The molecule has 1 fully saturated rings. The number of carbonyl (C=O) groups is 3. The maximum Gasteiger partial charge on any atom is 0.253 e. The Morgan fingerprint density at radius 2 is 2.13 bits per heavy atom. The minimum atomic E-state index is -1.51. The van der Waals surface area contributed by atoms with Crippen LogP contribution in [0.1, 0.15) is 10.4 Å². The fourth-order valence-electron chi connectivity index (χ4n) is 2.52. The summed E-state index contributed by atoms with van der Waals surface area (Å²) < 4.78 is 0. The van der Waals surface area contributed by atoms with E-state index in [-0.39, 0.29) is 17.0 Å². The van der Waals surface area contributed by atoms with Gasteiger partial charge in [0.2, 0.25) is 0 Å². The summed E-state index contributed by atoms with van der Waals surface area (Å²) in [5, 5.41) is 22.5. The molecule has 3 heterocycles. The number of carbonyl (C=O) groups excluding carboxylic acids is 3. The van der Waals surface area contributed by atoms with Crippen LogP contribution in [0.25, 0.3) is 0 Å². The van der Waals surface area contributed by atoms with Crippen molar-refractivity contribution in [3.63, 3.8) is 0 Å². The number of aromatic nitrogens is 1. The van der Waals surface area contributed by atoms with E-state index in [0.29, 0.717) is 5.56 Å². The molecule has 1 saturated heterocycles. The summed E-state index contributed by atoms with van der Waals surface area (Å²) in [6.07, 6.45) is 2.92. The monoisotopic (exact) mass is 334 g/mol. The zero-order valence-electron chi connectivity index (χ0n) is 11.8. The van der Waals surface area contributed by atoms with E-state index in [4.69, 9.17) is 0 Å². The Bertz CT molecular complexity index is 706. The van der Waals surface area contributed by atoms with E-state index in [1.807, 2.05) is 0 Å². The lowest BCUT2D eigenvalue weighted by atomic mass is 10.0. The summed E-state index contributed by atoms with van der Waals surface area (Å²) in [6.45, 7) is -0.457. The molecular formula is C14H12N3O5S-. The van der Waals surface area contributed by atoms with Crippen LogP contribution in [0.2, 0.25) is 0 Å². The quantitative estimate of drug-likeness (QED) is 0.616. The third-order valence-corrected chi connectivity index (χ3v) is 5.00. The van der Waals surface area contributed by atoms with Crippen molar-refractivity contribution in [3.8, 4) is 0 Å². The summed E-state index contributed by atoms with van der Waals surface area (Å²) in [5.74, 6) is -2.21. The van der Waals surface area contributed by atoms with Crippen molar-refractivity contribution in [1.29, 1.82) is 0 Å². The first kappa shape index (κ1) is 15.5. The Labute approximate surface area is 135 Å². The molecule has 1 aromatic rings. The number of carboxylic acid groups (broad SMARTS) is 1. The molecule has 3 rings (SSSR count). The van der Waals surface area contributed by atoms with Gasteiger partial charge in [-0.3, -0.25) is 19.5 Å². The van der Waals surface area contributed by atoms with Gasteiger partial charge < -0.3 is 20.3 Å². The zero-order chi connectivity index (χ0) is 16.6. The van der Waals surface area contributed by atoms with Gasteiger partial charge in [0, 0.05) is 23.7 Å². The Balaban J connectivity index is 1.77. The van der Waals surface area contributed by atoms with E-state index in [1.165, 1.54) is 36.3 Å². The van der Waals surface area contributed by atoms with Crippen LogP contribution in [0.15, 0.2) is 35.8 Å². The molecule has 0 aromatic carbocycles. The van der Waals surface area contributed by atoms with E-state index >= 15 is 0 Å². The number of hydrogen-bond donors (Lipinski definition) is 2. The number of aliphatic hydroxyl groups is 1. The lowest BCUT2D eigenvalue weighted by molar-refractivity contribution is -0.301. The first-order valence-electron chi connectivity index (χ1n) is 6.74. The molecule has 2 aliphatic rings. The van der Waals surface area contributed by atoms with Gasteiger partial charge in [0.15, 0.2) is 0 Å². The Morgan fingerprint density at radius 1 is 1.43 bits per heavy atom. The largest absolute Gasteiger partial charge is 0.543 e. The highest BCUT2D eigenvalue weighted by Crippen LogP contribution is 2.39. The number of aliphatic hydroxyl groups excluding tert-OH is 1. The number of aliphatic carboxylic acids is 1. The number of nitrogens with one attached hydrogen (secondary N) is 1. The molecule has 2 atom stereocenters. The van der Waals surface area contributed by atoms with Gasteiger partial charge in [-0.15, -0.1) is 11.8 Å². The minimum absolute atomic E-state index is 0.235. The maximum absolute atomic E-state index is 12.2. The van der Waals surface area contributed by atoms with Crippen LogP contribution in [-0.4, -0.2) is 56.5 Å². The lowest BCUT2D eigenvalue weighted by Crippen LogP contribution is -2.71. The van der Waals surface area contributed by atoms with E-state index in [2.05, 4.69) is 10.3 Å². The molecule has 8 nitrogen and oxygen atoms in total. The lowest BCUT2D eigenvalue weighted by Gasteiger charge is -2.50. The number of fused-ring (bicyclic) bond motifs is 1. The van der Waals surface area contributed by atoms with Gasteiger partial charge >= 0.3 is 0 Å². The SMILES string of the molecule is O=C([O-])C1=C(CO)CS[C@@H]2[C@@H](NC(=O)c3ccncc3)C(=O)N12. The van der Waals surface area contributed by atoms with Crippen molar-refractivity contribution in [2.24, 2.45) is 0 Å². The van der Waals surface area contributed by atoms with Gasteiger partial charge in [-0.1, -0.05) is 0 Å². The molecule has 23 heavy (non-hydrogen) atoms. The number of thioether (sulfide) groups is 1. The van der Waals surface area contributed by atoms with Crippen molar-refractivity contribution in [2.45, 2.75) is 11.4 Å². The van der Waals surface area contributed by atoms with Crippen molar-refractivity contribution in [3.05, 3.63) is 41.4 Å². The van der Waals surface area contributed by atoms with Crippen molar-refractivity contribution in [1.82, 2.24) is 15.2 Å². The number of pyridine rings is 1. The van der Waals surface area contributed by atoms with Crippen LogP contribution < -0.4 is 10.4 Å². The third kappa shape index (κ3) is 2.57. The van der Waals surface area contributed by atoms with Crippen LogP contribution >= 0.6 is 11.8 Å². The van der Waals surface area contributed by atoms with Crippen LogP contribution in [0.5, 0.6) is 0 Å². The smallest absolute Gasteiger partial charge is 0.253 e. The highest BCUT2D eigenvalue weighted by Gasteiger charge is 2.52. The Hall–Kier alpha value is -2.39. The summed E-state index contributed by atoms with van der Waals surface area (Å²) in [5.41, 5.74) is 0.299. The molecule has 1 aromatic heterocycles. The van der Waals surface area contributed by atoms with Crippen LogP contribution in [0, 0.1) is 0 Å². The number of carboxylic acids is 1. The Kier molecular flexibility index (Phi) is 4.05. The fourth-order valence-corrected chi connectivity index (χ4v) is 3.86. The van der Waals surface area contributed by atoms with Gasteiger partial charge in [-0.2, -0.15) is 0 Å². The van der Waals surface area contributed by atoms with E-state index in [9.17, 15) is 24.6 Å². The number of nitrogens with zero attached hydrogens (tertiary/aromatic N) is 2. The predicted molar refractivity (Wildman–Crippen MR) is 77.7 cm³/mol. The molecule has 0 saturated carbocycles. The Morgan fingerprint density at radius 3 is 2.74 bits per heavy atom. The second-order valence-electron chi connectivity index (χ2n) is 4.99. The molecule has 0 radical (unpaired) electrons. The number of β-lactam (4-membered cyclic amide) rings is 1. The van der Waals surface area contributed by atoms with Gasteiger partial charge in [0.25, 0.3) is 11.8 Å². The molecule has 0 bridgehead atoms. The number of hydrogen-bond acceptors (Lipinski definition) is 7. The van der Waals surface area contributed by atoms with Crippen molar-refractivity contribution < 1.29 is 24.6 Å². The van der Waals surface area contributed by atoms with Gasteiger partial charge in [0.1, 0.15) is 11.4 Å². The average Bonchev–Trinajstić information content (AvgIpc) is 2.58. The first-order chi connectivity index (χ1) is 11.0. The third-order valence-electron chi connectivity index (χ3n) is 3.66. The minimum Gasteiger partial charge on any atom is -0.543 e. The average molecular weight is 334 g/mol. The molecular weight excluding hydrogens is 322 g/mol. The standard InChI is InChI=1S/C14H13N3O5S/c18-5-8-6-23-13-9(12(20)17(13)10(8)14(21)22)16-11(19)7-1-3-15-4-2-7/h1-4,9,13,18H,5-6H2,(H,16,19)(H,21,22)/p-1/t9-,13+/m0/s1. The molecule has 2 amide bonds. The van der Waals surface area contributed by atoms with E-state index in [1.54, 1.807) is 0 Å². The molecule has 0 unspecified atom stereocenters. The first-order valence-corrected chi connectivity index (χ1v) is 7.79. The summed E-state index contributed by atoms with van der Waals surface area (Å²) in [4.78, 5) is 40.4. The highest BCUT2D eigenvalue weighted by atomic mass is 32.2. The molecule has 0 spiro atoms. The highest BCUT2D eigenvalue weighted by molar-refractivity contribution is 8.00. The molecule has 2 N–H and O–H groups in total. The maximum atomic E-state index is 12.2. The van der Waals surface area contributed by atoms with Gasteiger partial charge in [-0.05, 0) is 17.7 Å². The molecule has 9 heteroatoms. The normalized spacial score (nSPS) is 23.2. The molecule has 0 aliphatic carbocycles. The zero-order valence-corrected chi connectivity index (χ0v) is 12.6. The summed E-state index contributed by atoms with van der Waals surface area (Å²) >= 11 is 1.28. The van der Waals surface area contributed by atoms with E-state index < -0.39 is 35.8 Å². The predicted octanol–water partition coefficient (Wildman–Crippen LogP) is -1.91. The van der Waals surface area contributed by atoms with E-state index in [0.717, 1.165) is 4.90 Å². The van der Waals surface area contributed by atoms with Crippen molar-refractivity contribution >= 4 is 29.5 Å². The number of rotatable bonds is 4. The second kappa shape index (κ2) is 6.01. The molecule has 120 valence electrons. The second-order valence-corrected chi connectivity index (χ2v) is 6.10. The number of amides is 2. The summed E-state index contributed by atoms with van der Waals surface area (Å²) in [7, 11) is 0. The fraction of sp³-hybridized carbons (Fsp3) is 0.286. The summed E-state index contributed by atoms with van der Waals surface area (Å²) in [6, 6.07) is 2.22. The van der Waals surface area contributed by atoms with Crippen LogP contribution in [0.3, 0.4) is 0 Å². The topological polar surface area (TPSA) is 123 Å².